The molecule has 1 aliphatic heterocycles. The predicted molar refractivity (Wildman–Crippen MR) is 33.5 cm³/mol. The summed E-state index contributed by atoms with van der Waals surface area (Å²) in [5, 5.41) is 3.64. The summed E-state index contributed by atoms with van der Waals surface area (Å²) in [6, 6.07) is 0. The lowest BCUT2D eigenvalue weighted by atomic mass is 10.2. The Morgan fingerprint density at radius 3 is 3.12 bits per heavy atom. The normalized spacial score (nSPS) is 15.4. The lowest BCUT2D eigenvalue weighted by molar-refractivity contribution is 0.940. The summed E-state index contributed by atoms with van der Waals surface area (Å²) in [6.07, 6.45) is 4.78. The van der Waals surface area contributed by atoms with Gasteiger partial charge in [0.15, 0.2) is 0 Å². The van der Waals surface area contributed by atoms with E-state index < -0.39 is 0 Å². The number of rotatable bonds is 1. The molecule has 0 fully saturated rings. The molecule has 0 saturated carbocycles. The summed E-state index contributed by atoms with van der Waals surface area (Å²) in [6.45, 7) is 2.09. The van der Waals surface area contributed by atoms with E-state index in [1.807, 2.05) is 12.3 Å². The predicted octanol–water partition coefficient (Wildman–Crippen LogP) is 1.02. The van der Waals surface area contributed by atoms with E-state index in [0.717, 1.165) is 6.42 Å². The van der Waals surface area contributed by atoms with Crippen LogP contribution in [0.1, 0.15) is 13.3 Å². The van der Waals surface area contributed by atoms with E-state index >= 15 is 0 Å². The minimum Gasteiger partial charge on any atom is -0.277 e. The first kappa shape index (κ1) is 5.13. The van der Waals surface area contributed by atoms with Crippen molar-refractivity contribution < 1.29 is 0 Å². The van der Waals surface area contributed by atoms with Crippen LogP contribution in [0.15, 0.2) is 23.0 Å². The smallest absolute Gasteiger partial charge is 0.0245 e. The Labute approximate surface area is 48.6 Å². The van der Waals surface area contributed by atoms with Gasteiger partial charge in [-0.05, 0) is 12.0 Å². The maximum atomic E-state index is 3.64. The van der Waals surface area contributed by atoms with Gasteiger partial charge in [-0.1, -0.05) is 6.92 Å². The zero-order valence-corrected chi connectivity index (χ0v) is 4.81. The minimum absolute atomic E-state index is 1.04. The molecule has 8 heavy (non-hydrogen) atoms. The molecular weight excluding hydrogens is 100 g/mol. The second kappa shape index (κ2) is 2.34. The Balaban J connectivity index is 2.68. The van der Waals surface area contributed by atoms with Gasteiger partial charge in [0.2, 0.25) is 0 Å². The van der Waals surface area contributed by atoms with Crippen LogP contribution in [0.25, 0.3) is 0 Å². The van der Waals surface area contributed by atoms with Crippen LogP contribution in [0.3, 0.4) is 0 Å². The molecule has 0 saturated heterocycles. The molecule has 0 aromatic heterocycles. The summed E-state index contributed by atoms with van der Waals surface area (Å²) >= 11 is 0. The largest absolute Gasteiger partial charge is 0.277 e. The molecule has 0 bridgehead atoms. The molecule has 1 N–H and O–H groups in total. The quantitative estimate of drug-likeness (QED) is 0.533. The van der Waals surface area contributed by atoms with Crippen LogP contribution in [0.5, 0.6) is 0 Å². The molecule has 0 atom stereocenters. The van der Waals surface area contributed by atoms with Gasteiger partial charge in [0, 0.05) is 18.1 Å². The van der Waals surface area contributed by atoms with Crippen LogP contribution in [0.2, 0.25) is 0 Å². The topological polar surface area (TPSA) is 24.4 Å². The molecule has 1 heterocycles. The summed E-state index contributed by atoms with van der Waals surface area (Å²) in [5.41, 5.74) is 3.94. The Hall–Kier alpha value is -1.01. The third-order valence-electron chi connectivity index (χ3n) is 1.04. The van der Waals surface area contributed by atoms with Crippen molar-refractivity contribution in [2.75, 3.05) is 0 Å². The summed E-state index contributed by atoms with van der Waals surface area (Å²) in [5.74, 6) is 2.71. The van der Waals surface area contributed by atoms with E-state index in [1.54, 1.807) is 0 Å². The van der Waals surface area contributed by atoms with E-state index in [2.05, 4.69) is 23.3 Å². The fourth-order valence-electron chi connectivity index (χ4n) is 0.513. The first-order valence-corrected chi connectivity index (χ1v) is 2.66. The molecule has 1 aliphatic rings. The molecule has 2 heteroatoms. The Morgan fingerprint density at radius 1 is 1.88 bits per heavy atom. The molecule has 0 spiro atoms. The van der Waals surface area contributed by atoms with Crippen molar-refractivity contribution in [2.24, 2.45) is 5.10 Å². The van der Waals surface area contributed by atoms with Crippen molar-refractivity contribution in [3.63, 3.8) is 0 Å². The SMILES string of the molecule is CCC1=CNN=C=C1. The maximum absolute atomic E-state index is 3.64. The average Bonchev–Trinajstić information content (AvgIpc) is 1.90. The second-order valence-corrected chi connectivity index (χ2v) is 1.59. The number of hydrazone groups is 1. The van der Waals surface area contributed by atoms with Gasteiger partial charge in [0.05, 0.1) is 0 Å². The monoisotopic (exact) mass is 108 g/mol. The van der Waals surface area contributed by atoms with Crippen LogP contribution in [-0.2, 0) is 0 Å². The fourth-order valence-corrected chi connectivity index (χ4v) is 0.513. The van der Waals surface area contributed by atoms with Crippen LogP contribution >= 0.6 is 0 Å². The zero-order valence-electron chi connectivity index (χ0n) is 4.81. The van der Waals surface area contributed by atoms with Crippen molar-refractivity contribution in [1.29, 1.82) is 0 Å². The first-order chi connectivity index (χ1) is 3.93. The van der Waals surface area contributed by atoms with E-state index in [0.29, 0.717) is 0 Å². The number of hydrogen-bond acceptors (Lipinski definition) is 2. The average molecular weight is 108 g/mol. The summed E-state index contributed by atoms with van der Waals surface area (Å²) < 4.78 is 0. The number of nitrogens with one attached hydrogen (secondary N) is 1. The number of nitrogens with zero attached hydrogens (tertiary/aromatic N) is 1. The van der Waals surface area contributed by atoms with Crippen molar-refractivity contribution in [1.82, 2.24) is 5.43 Å². The van der Waals surface area contributed by atoms with Gasteiger partial charge in [0.1, 0.15) is 0 Å². The van der Waals surface area contributed by atoms with Gasteiger partial charge < -0.3 is 0 Å². The van der Waals surface area contributed by atoms with Crippen molar-refractivity contribution in [2.45, 2.75) is 13.3 Å². The molecule has 0 amide bonds. The Kier molecular flexibility index (Phi) is 1.50. The lowest BCUT2D eigenvalue weighted by Gasteiger charge is -1.96. The third kappa shape index (κ3) is 0.983. The molecule has 0 aromatic carbocycles. The molecule has 0 unspecified atom stereocenters. The minimum atomic E-state index is 1.04. The van der Waals surface area contributed by atoms with Gasteiger partial charge in [-0.25, -0.2) is 0 Å². The Bertz CT molecular complexity index is 161. The number of hydrogen-bond donors (Lipinski definition) is 1. The zero-order chi connectivity index (χ0) is 5.82. The van der Waals surface area contributed by atoms with Crippen LogP contribution in [-0.4, -0.2) is 5.87 Å². The molecule has 42 valence electrons. The highest BCUT2D eigenvalue weighted by molar-refractivity contribution is 5.58. The standard InChI is InChI=1S/C6H8N2/c1-2-6-3-4-7-8-5-6/h3,5,8H,2H2,1H3. The molecule has 0 radical (unpaired) electrons. The van der Waals surface area contributed by atoms with Gasteiger partial charge in [0.25, 0.3) is 0 Å². The van der Waals surface area contributed by atoms with Gasteiger partial charge in [-0.2, -0.15) is 0 Å². The van der Waals surface area contributed by atoms with Crippen molar-refractivity contribution >= 4 is 5.87 Å². The van der Waals surface area contributed by atoms with Gasteiger partial charge in [-0.15, -0.1) is 5.10 Å². The van der Waals surface area contributed by atoms with Gasteiger partial charge >= 0.3 is 0 Å². The van der Waals surface area contributed by atoms with Crippen molar-refractivity contribution in [3.8, 4) is 0 Å². The maximum Gasteiger partial charge on any atom is 0.0245 e. The van der Waals surface area contributed by atoms with E-state index in [-0.39, 0.29) is 0 Å². The lowest BCUT2D eigenvalue weighted by Crippen LogP contribution is -1.97. The summed E-state index contributed by atoms with van der Waals surface area (Å²) in [7, 11) is 0. The number of allylic oxidation sites excluding steroid dienone is 2. The van der Waals surface area contributed by atoms with Crippen LogP contribution in [0, 0.1) is 0 Å². The third-order valence-corrected chi connectivity index (χ3v) is 1.04. The van der Waals surface area contributed by atoms with E-state index in [9.17, 15) is 0 Å². The molecule has 2 nitrogen and oxygen atoms in total. The van der Waals surface area contributed by atoms with Crippen molar-refractivity contribution in [3.05, 3.63) is 17.8 Å². The highest BCUT2D eigenvalue weighted by Gasteiger charge is 1.87. The van der Waals surface area contributed by atoms with E-state index in [4.69, 9.17) is 0 Å². The molecule has 1 rings (SSSR count). The molecule has 0 aromatic rings. The Morgan fingerprint density at radius 2 is 2.75 bits per heavy atom. The second-order valence-electron chi connectivity index (χ2n) is 1.59. The highest BCUT2D eigenvalue weighted by Crippen LogP contribution is 1.99. The first-order valence-electron chi connectivity index (χ1n) is 2.66. The van der Waals surface area contributed by atoms with Crippen LogP contribution < -0.4 is 5.43 Å². The molecule has 0 aliphatic carbocycles. The van der Waals surface area contributed by atoms with E-state index in [1.165, 1.54) is 5.57 Å². The van der Waals surface area contributed by atoms with Gasteiger partial charge in [-0.3, -0.25) is 5.43 Å². The van der Waals surface area contributed by atoms with Crippen LogP contribution in [0.4, 0.5) is 0 Å². The summed E-state index contributed by atoms with van der Waals surface area (Å²) in [4.78, 5) is 0. The molecular formula is C6H8N2. The highest BCUT2D eigenvalue weighted by atomic mass is 15.3. The fraction of sp³-hybridized carbons (Fsp3) is 0.333.